The van der Waals surface area contributed by atoms with Crippen LogP contribution in [0.25, 0.3) is 10.7 Å². The molecule has 2 aromatic rings. The van der Waals surface area contributed by atoms with Crippen LogP contribution in [0.3, 0.4) is 0 Å². The number of nitrogens with one attached hydrogen (secondary N) is 1. The van der Waals surface area contributed by atoms with Crippen molar-refractivity contribution in [2.75, 3.05) is 5.32 Å². The van der Waals surface area contributed by atoms with Gasteiger partial charge >= 0.3 is 0 Å². The van der Waals surface area contributed by atoms with E-state index in [1.807, 2.05) is 18.2 Å². The van der Waals surface area contributed by atoms with Gasteiger partial charge in [0.1, 0.15) is 5.69 Å². The molecule has 3 N–H and O–H groups in total. The molecule has 4 rings (SSSR count). The second-order valence-electron chi connectivity index (χ2n) is 6.81. The first-order valence-corrected chi connectivity index (χ1v) is 9.33. The molecular formula is C17H21N5OS. The summed E-state index contributed by atoms with van der Waals surface area (Å²) < 4.78 is 0. The molecule has 2 atom stereocenters. The molecule has 6 nitrogen and oxygen atoms in total. The zero-order valence-corrected chi connectivity index (χ0v) is 14.2. The first kappa shape index (κ1) is 15.7. The van der Waals surface area contributed by atoms with E-state index in [2.05, 4.69) is 20.5 Å². The van der Waals surface area contributed by atoms with Crippen LogP contribution >= 0.6 is 11.3 Å². The number of amides is 1. The Balaban J connectivity index is 1.42. The van der Waals surface area contributed by atoms with E-state index in [1.54, 1.807) is 6.20 Å². The van der Waals surface area contributed by atoms with E-state index in [4.69, 9.17) is 5.73 Å². The Morgan fingerprint density at radius 1 is 1.21 bits per heavy atom. The van der Waals surface area contributed by atoms with Crippen LogP contribution in [0.15, 0.2) is 24.4 Å². The number of rotatable bonds is 3. The van der Waals surface area contributed by atoms with Crippen LogP contribution in [-0.2, 0) is 4.79 Å². The highest BCUT2D eigenvalue weighted by Crippen LogP contribution is 2.42. The van der Waals surface area contributed by atoms with Crippen LogP contribution in [0.4, 0.5) is 5.13 Å². The molecule has 24 heavy (non-hydrogen) atoms. The first-order chi connectivity index (χ1) is 11.7. The lowest BCUT2D eigenvalue weighted by molar-refractivity contribution is -0.122. The van der Waals surface area contributed by atoms with Gasteiger partial charge in [0.05, 0.1) is 0 Å². The van der Waals surface area contributed by atoms with Gasteiger partial charge < -0.3 is 11.1 Å². The largest absolute Gasteiger partial charge is 0.327 e. The quantitative estimate of drug-likeness (QED) is 0.893. The monoisotopic (exact) mass is 343 g/mol. The summed E-state index contributed by atoms with van der Waals surface area (Å²) in [6.45, 7) is 0. The van der Waals surface area contributed by atoms with Gasteiger partial charge in [-0.1, -0.05) is 23.8 Å². The molecule has 0 spiro atoms. The molecule has 2 aliphatic rings. The molecule has 0 saturated heterocycles. The van der Waals surface area contributed by atoms with Crippen LogP contribution < -0.4 is 11.1 Å². The van der Waals surface area contributed by atoms with Crippen LogP contribution in [-0.4, -0.2) is 27.1 Å². The van der Waals surface area contributed by atoms with E-state index in [0.717, 1.165) is 31.4 Å². The number of aromatic nitrogens is 3. The summed E-state index contributed by atoms with van der Waals surface area (Å²) in [4.78, 5) is 16.9. The molecule has 2 aromatic heterocycles. The summed E-state index contributed by atoms with van der Waals surface area (Å²) in [6, 6.07) is 5.93. The van der Waals surface area contributed by atoms with Gasteiger partial charge in [0, 0.05) is 18.2 Å². The molecular weight excluding hydrogens is 322 g/mol. The summed E-state index contributed by atoms with van der Waals surface area (Å²) in [5.74, 6) is 1.09. The molecule has 2 heterocycles. The highest BCUT2D eigenvalue weighted by molar-refractivity contribution is 7.18. The Bertz CT molecular complexity index is 705. The predicted molar refractivity (Wildman–Crippen MR) is 93.3 cm³/mol. The van der Waals surface area contributed by atoms with Crippen molar-refractivity contribution in [1.82, 2.24) is 15.2 Å². The van der Waals surface area contributed by atoms with Crippen LogP contribution in [0, 0.1) is 17.8 Å². The minimum absolute atomic E-state index is 0.0438. The molecule has 126 valence electrons. The fourth-order valence-electron chi connectivity index (χ4n) is 4.08. The van der Waals surface area contributed by atoms with E-state index >= 15 is 0 Å². The lowest BCUT2D eigenvalue weighted by Crippen LogP contribution is -2.48. The molecule has 0 aliphatic heterocycles. The minimum Gasteiger partial charge on any atom is -0.327 e. The van der Waals surface area contributed by atoms with Gasteiger partial charge in [-0.25, -0.2) is 0 Å². The predicted octanol–water partition coefficient (Wildman–Crippen LogP) is 2.69. The second kappa shape index (κ2) is 6.57. The summed E-state index contributed by atoms with van der Waals surface area (Å²) in [5, 5.41) is 12.4. The van der Waals surface area contributed by atoms with Crippen LogP contribution in [0.5, 0.6) is 0 Å². The molecule has 2 fully saturated rings. The number of pyridine rings is 1. The third-order valence-corrected chi connectivity index (χ3v) is 6.18. The lowest BCUT2D eigenvalue weighted by atomic mass is 9.65. The Morgan fingerprint density at radius 2 is 2.00 bits per heavy atom. The molecule has 0 aromatic carbocycles. The molecule has 2 bridgehead atoms. The zero-order valence-electron chi connectivity index (χ0n) is 13.4. The average molecular weight is 343 g/mol. The fraction of sp³-hybridized carbons (Fsp3) is 0.529. The summed E-state index contributed by atoms with van der Waals surface area (Å²) >= 11 is 1.36. The van der Waals surface area contributed by atoms with Crippen molar-refractivity contribution < 1.29 is 4.79 Å². The van der Waals surface area contributed by atoms with Crippen molar-refractivity contribution in [1.29, 1.82) is 0 Å². The SMILES string of the molecule is NC1C2CCCC1CC(C(=O)Nc1nnc(-c3ccccn3)s1)C2. The lowest BCUT2D eigenvalue weighted by Gasteiger charge is -2.43. The van der Waals surface area contributed by atoms with E-state index < -0.39 is 0 Å². The average Bonchev–Trinajstić information content (AvgIpc) is 3.04. The maximum atomic E-state index is 12.6. The van der Waals surface area contributed by atoms with Gasteiger partial charge in [-0.05, 0) is 49.7 Å². The van der Waals surface area contributed by atoms with Gasteiger partial charge in [0.25, 0.3) is 0 Å². The van der Waals surface area contributed by atoms with Crippen molar-refractivity contribution >= 4 is 22.4 Å². The molecule has 0 radical (unpaired) electrons. The molecule has 1 amide bonds. The van der Waals surface area contributed by atoms with Gasteiger partial charge in [-0.15, -0.1) is 10.2 Å². The number of nitrogens with zero attached hydrogens (tertiary/aromatic N) is 3. The van der Waals surface area contributed by atoms with Gasteiger partial charge in [-0.2, -0.15) is 0 Å². The van der Waals surface area contributed by atoms with Crippen molar-refractivity contribution in [2.45, 2.75) is 38.1 Å². The fourth-order valence-corrected chi connectivity index (χ4v) is 4.80. The van der Waals surface area contributed by atoms with Gasteiger partial charge in [-0.3, -0.25) is 9.78 Å². The standard InChI is InChI=1S/C17H21N5OS/c18-14-10-4-3-5-11(14)9-12(8-10)15(23)20-17-22-21-16(24-17)13-6-1-2-7-19-13/h1-2,6-7,10-12,14H,3-5,8-9,18H2,(H,20,22,23). The minimum atomic E-state index is 0.0438. The maximum Gasteiger partial charge on any atom is 0.229 e. The third kappa shape index (κ3) is 3.06. The Labute approximate surface area is 144 Å². The highest BCUT2D eigenvalue weighted by atomic mass is 32.1. The maximum absolute atomic E-state index is 12.6. The van der Waals surface area contributed by atoms with E-state index in [9.17, 15) is 4.79 Å². The normalized spacial score (nSPS) is 29.2. The number of hydrogen-bond acceptors (Lipinski definition) is 6. The Hall–Kier alpha value is -1.86. The number of carbonyl (C=O) groups excluding carboxylic acids is 1. The van der Waals surface area contributed by atoms with Gasteiger partial charge in [0.15, 0.2) is 5.01 Å². The van der Waals surface area contributed by atoms with Crippen molar-refractivity contribution in [3.63, 3.8) is 0 Å². The molecule has 2 saturated carbocycles. The summed E-state index contributed by atoms with van der Waals surface area (Å²) in [5.41, 5.74) is 7.08. The highest BCUT2D eigenvalue weighted by Gasteiger charge is 2.40. The number of fused-ring (bicyclic) bond motifs is 2. The number of nitrogens with two attached hydrogens (primary N) is 1. The Morgan fingerprint density at radius 3 is 2.71 bits per heavy atom. The first-order valence-electron chi connectivity index (χ1n) is 8.52. The Kier molecular flexibility index (Phi) is 4.28. The second-order valence-corrected chi connectivity index (χ2v) is 7.79. The van der Waals surface area contributed by atoms with Crippen LogP contribution in [0.2, 0.25) is 0 Å². The van der Waals surface area contributed by atoms with Crippen molar-refractivity contribution in [3.8, 4) is 10.7 Å². The van der Waals surface area contributed by atoms with Crippen LogP contribution in [0.1, 0.15) is 32.1 Å². The van der Waals surface area contributed by atoms with Crippen molar-refractivity contribution in [2.24, 2.45) is 23.5 Å². The van der Waals surface area contributed by atoms with Crippen molar-refractivity contribution in [3.05, 3.63) is 24.4 Å². The van der Waals surface area contributed by atoms with E-state index in [-0.39, 0.29) is 17.9 Å². The zero-order chi connectivity index (χ0) is 16.5. The van der Waals surface area contributed by atoms with E-state index in [0.29, 0.717) is 22.0 Å². The third-order valence-electron chi connectivity index (χ3n) is 5.32. The topological polar surface area (TPSA) is 93.8 Å². The van der Waals surface area contributed by atoms with E-state index in [1.165, 1.54) is 17.8 Å². The number of anilines is 1. The number of carbonyl (C=O) groups is 1. The smallest absolute Gasteiger partial charge is 0.229 e. The summed E-state index contributed by atoms with van der Waals surface area (Å²) in [7, 11) is 0. The molecule has 7 heteroatoms. The summed E-state index contributed by atoms with van der Waals surface area (Å²) in [6.07, 6.45) is 7.08. The molecule has 2 aliphatic carbocycles. The number of hydrogen-bond donors (Lipinski definition) is 2. The van der Waals surface area contributed by atoms with Gasteiger partial charge in [0.2, 0.25) is 11.0 Å². The molecule has 2 unspecified atom stereocenters.